The number of hydrogen-bond acceptors (Lipinski definition) is 2. The summed E-state index contributed by atoms with van der Waals surface area (Å²) in [5.41, 5.74) is 3.03. The van der Waals surface area contributed by atoms with Crippen LogP contribution in [-0.4, -0.2) is 12.0 Å². The van der Waals surface area contributed by atoms with E-state index in [2.05, 4.69) is 11.4 Å². The van der Waals surface area contributed by atoms with Crippen molar-refractivity contribution in [2.24, 2.45) is 0 Å². The average molecular weight is 319 g/mol. The Balaban J connectivity index is 1.76. The Morgan fingerprint density at radius 2 is 1.62 bits per heavy atom. The topological polar surface area (TPSA) is 38.3 Å². The predicted molar refractivity (Wildman–Crippen MR) is 98.6 cm³/mol. The van der Waals surface area contributed by atoms with Crippen LogP contribution in [0.4, 0.5) is 5.69 Å². The molecule has 0 aliphatic carbocycles. The second kappa shape index (κ2) is 6.75. The standard InChI is InChI=1S/C21H21NO2/c1-14-11-15(2)13-18(12-14)24-16(3)21(23)22-20-10-6-8-17-7-4-5-9-19(17)20/h4-13,16H,1-3H3,(H,22,23)/t16-/m1/s1. The molecule has 0 aromatic heterocycles. The summed E-state index contributed by atoms with van der Waals surface area (Å²) in [6.45, 7) is 5.79. The number of benzene rings is 3. The van der Waals surface area contributed by atoms with E-state index in [9.17, 15) is 4.79 Å². The van der Waals surface area contributed by atoms with Crippen LogP contribution in [0.5, 0.6) is 5.75 Å². The van der Waals surface area contributed by atoms with Crippen molar-refractivity contribution in [2.75, 3.05) is 5.32 Å². The number of ether oxygens (including phenoxy) is 1. The highest BCUT2D eigenvalue weighted by Crippen LogP contribution is 2.23. The molecule has 3 aromatic carbocycles. The van der Waals surface area contributed by atoms with E-state index in [1.807, 2.05) is 68.4 Å². The van der Waals surface area contributed by atoms with Gasteiger partial charge in [0.15, 0.2) is 6.10 Å². The Labute approximate surface area is 142 Å². The summed E-state index contributed by atoms with van der Waals surface area (Å²) in [4.78, 5) is 12.5. The van der Waals surface area contributed by atoms with Crippen LogP contribution in [-0.2, 0) is 4.79 Å². The second-order valence-corrected chi connectivity index (χ2v) is 6.10. The minimum Gasteiger partial charge on any atom is -0.481 e. The molecule has 1 atom stereocenters. The highest BCUT2D eigenvalue weighted by Gasteiger charge is 2.16. The quantitative estimate of drug-likeness (QED) is 0.745. The van der Waals surface area contributed by atoms with Crippen LogP contribution in [0, 0.1) is 13.8 Å². The number of rotatable bonds is 4. The van der Waals surface area contributed by atoms with Gasteiger partial charge in [-0.1, -0.05) is 42.5 Å². The van der Waals surface area contributed by atoms with Gasteiger partial charge in [-0.15, -0.1) is 0 Å². The van der Waals surface area contributed by atoms with Gasteiger partial charge in [-0.2, -0.15) is 0 Å². The predicted octanol–water partition coefficient (Wildman–Crippen LogP) is 4.86. The molecule has 0 aliphatic rings. The normalized spacial score (nSPS) is 12.0. The zero-order valence-electron chi connectivity index (χ0n) is 14.2. The van der Waals surface area contributed by atoms with Crippen LogP contribution >= 0.6 is 0 Å². The van der Waals surface area contributed by atoms with E-state index in [0.717, 1.165) is 27.6 Å². The molecule has 0 radical (unpaired) electrons. The van der Waals surface area contributed by atoms with E-state index in [0.29, 0.717) is 5.75 Å². The number of fused-ring (bicyclic) bond motifs is 1. The third kappa shape index (κ3) is 3.57. The van der Waals surface area contributed by atoms with Gasteiger partial charge in [0.25, 0.3) is 5.91 Å². The van der Waals surface area contributed by atoms with Gasteiger partial charge in [0.1, 0.15) is 5.75 Å². The van der Waals surface area contributed by atoms with Gasteiger partial charge in [0.2, 0.25) is 0 Å². The molecule has 24 heavy (non-hydrogen) atoms. The fourth-order valence-corrected chi connectivity index (χ4v) is 2.83. The minimum absolute atomic E-state index is 0.162. The number of anilines is 1. The van der Waals surface area contributed by atoms with E-state index in [1.54, 1.807) is 6.92 Å². The molecule has 0 saturated heterocycles. The molecule has 0 saturated carbocycles. The van der Waals surface area contributed by atoms with Crippen molar-refractivity contribution in [2.45, 2.75) is 26.9 Å². The van der Waals surface area contributed by atoms with Gasteiger partial charge in [-0.3, -0.25) is 4.79 Å². The van der Waals surface area contributed by atoms with Crippen LogP contribution < -0.4 is 10.1 Å². The van der Waals surface area contributed by atoms with Crippen LogP contribution in [0.2, 0.25) is 0 Å². The fraction of sp³-hybridized carbons (Fsp3) is 0.190. The largest absolute Gasteiger partial charge is 0.481 e. The van der Waals surface area contributed by atoms with Crippen molar-refractivity contribution in [3.8, 4) is 5.75 Å². The van der Waals surface area contributed by atoms with Crippen LogP contribution in [0.1, 0.15) is 18.1 Å². The number of hydrogen-bond donors (Lipinski definition) is 1. The second-order valence-electron chi connectivity index (χ2n) is 6.10. The number of carbonyl (C=O) groups excluding carboxylic acids is 1. The van der Waals surface area contributed by atoms with Crippen molar-refractivity contribution in [3.05, 3.63) is 71.8 Å². The van der Waals surface area contributed by atoms with Gasteiger partial charge in [-0.25, -0.2) is 0 Å². The molecule has 0 heterocycles. The summed E-state index contributed by atoms with van der Waals surface area (Å²) in [6, 6.07) is 19.8. The monoisotopic (exact) mass is 319 g/mol. The molecule has 0 fully saturated rings. The molecule has 3 rings (SSSR count). The lowest BCUT2D eigenvalue weighted by Crippen LogP contribution is -2.30. The molecule has 122 valence electrons. The Hall–Kier alpha value is -2.81. The van der Waals surface area contributed by atoms with E-state index in [-0.39, 0.29) is 5.91 Å². The minimum atomic E-state index is -0.579. The summed E-state index contributed by atoms with van der Waals surface area (Å²) < 4.78 is 5.81. The summed E-state index contributed by atoms with van der Waals surface area (Å²) in [6.07, 6.45) is -0.579. The van der Waals surface area contributed by atoms with Crippen molar-refractivity contribution < 1.29 is 9.53 Å². The molecular weight excluding hydrogens is 298 g/mol. The van der Waals surface area contributed by atoms with Gasteiger partial charge in [-0.05, 0) is 55.5 Å². The van der Waals surface area contributed by atoms with Crippen molar-refractivity contribution in [3.63, 3.8) is 0 Å². The van der Waals surface area contributed by atoms with Gasteiger partial charge >= 0.3 is 0 Å². The first-order valence-electron chi connectivity index (χ1n) is 8.06. The highest BCUT2D eigenvalue weighted by atomic mass is 16.5. The SMILES string of the molecule is Cc1cc(C)cc(O[C@H](C)C(=O)Nc2cccc3ccccc23)c1. The molecule has 3 heteroatoms. The Morgan fingerprint density at radius 1 is 0.958 bits per heavy atom. The molecule has 3 aromatic rings. The van der Waals surface area contributed by atoms with Gasteiger partial charge in [0, 0.05) is 11.1 Å². The molecule has 0 bridgehead atoms. The van der Waals surface area contributed by atoms with Crippen molar-refractivity contribution in [1.29, 1.82) is 0 Å². The average Bonchev–Trinajstić information content (AvgIpc) is 2.54. The van der Waals surface area contributed by atoms with Crippen LogP contribution in [0.25, 0.3) is 10.8 Å². The number of aryl methyl sites for hydroxylation is 2. The maximum atomic E-state index is 12.5. The third-order valence-electron chi connectivity index (χ3n) is 3.92. The van der Waals surface area contributed by atoms with Crippen molar-refractivity contribution >= 4 is 22.4 Å². The zero-order chi connectivity index (χ0) is 17.1. The van der Waals surface area contributed by atoms with E-state index in [4.69, 9.17) is 4.74 Å². The van der Waals surface area contributed by atoms with E-state index >= 15 is 0 Å². The number of nitrogens with one attached hydrogen (secondary N) is 1. The lowest BCUT2D eigenvalue weighted by molar-refractivity contribution is -0.122. The lowest BCUT2D eigenvalue weighted by atomic mass is 10.1. The molecule has 0 unspecified atom stereocenters. The molecule has 3 nitrogen and oxygen atoms in total. The van der Waals surface area contributed by atoms with Crippen LogP contribution in [0.3, 0.4) is 0 Å². The van der Waals surface area contributed by atoms with Gasteiger partial charge in [0.05, 0.1) is 0 Å². The maximum Gasteiger partial charge on any atom is 0.265 e. The summed E-state index contributed by atoms with van der Waals surface area (Å²) in [7, 11) is 0. The first kappa shape index (κ1) is 16.1. The highest BCUT2D eigenvalue weighted by molar-refractivity contribution is 6.03. The molecular formula is C21H21NO2. The van der Waals surface area contributed by atoms with Crippen molar-refractivity contribution in [1.82, 2.24) is 0 Å². The molecule has 1 amide bonds. The Bertz CT molecular complexity index is 860. The Morgan fingerprint density at radius 3 is 2.38 bits per heavy atom. The maximum absolute atomic E-state index is 12.5. The molecule has 1 N–H and O–H groups in total. The van der Waals surface area contributed by atoms with E-state index < -0.39 is 6.10 Å². The number of carbonyl (C=O) groups is 1. The van der Waals surface area contributed by atoms with E-state index in [1.165, 1.54) is 0 Å². The molecule has 0 spiro atoms. The van der Waals surface area contributed by atoms with Gasteiger partial charge < -0.3 is 10.1 Å². The third-order valence-corrected chi connectivity index (χ3v) is 3.92. The molecule has 0 aliphatic heterocycles. The number of amides is 1. The first-order chi connectivity index (χ1) is 11.5. The smallest absolute Gasteiger partial charge is 0.265 e. The summed E-state index contributed by atoms with van der Waals surface area (Å²) in [5, 5.41) is 5.09. The first-order valence-corrected chi connectivity index (χ1v) is 8.06. The zero-order valence-corrected chi connectivity index (χ0v) is 14.2. The summed E-state index contributed by atoms with van der Waals surface area (Å²) >= 11 is 0. The fourth-order valence-electron chi connectivity index (χ4n) is 2.83. The lowest BCUT2D eigenvalue weighted by Gasteiger charge is -2.16. The van der Waals surface area contributed by atoms with Crippen LogP contribution in [0.15, 0.2) is 60.7 Å². The summed E-state index contributed by atoms with van der Waals surface area (Å²) in [5.74, 6) is 0.554. The Kier molecular flexibility index (Phi) is 4.52.